The van der Waals surface area contributed by atoms with Crippen LogP contribution in [0.1, 0.15) is 29.8 Å². The number of carbonyl (C=O) groups excluding carboxylic acids is 1. The largest absolute Gasteiger partial charge is 0.396 e. The lowest BCUT2D eigenvalue weighted by Crippen LogP contribution is -2.50. The number of allylic oxidation sites excluding steroid dienone is 1. The number of aliphatic hydroxyl groups excluding tert-OH is 1. The van der Waals surface area contributed by atoms with E-state index >= 15 is 0 Å². The summed E-state index contributed by atoms with van der Waals surface area (Å²) >= 11 is 6.17. The van der Waals surface area contributed by atoms with Crippen molar-refractivity contribution in [3.05, 3.63) is 74.7 Å². The Labute approximate surface area is 197 Å². The minimum atomic E-state index is -3.85. The van der Waals surface area contributed by atoms with Gasteiger partial charge in [0.15, 0.2) is 0 Å². The summed E-state index contributed by atoms with van der Waals surface area (Å²) in [4.78, 5) is 26.2. The van der Waals surface area contributed by atoms with Gasteiger partial charge in [0.25, 0.3) is 5.56 Å². The molecule has 2 aliphatic heterocycles. The summed E-state index contributed by atoms with van der Waals surface area (Å²) in [5, 5.41) is 13.5. The summed E-state index contributed by atoms with van der Waals surface area (Å²) in [5.41, 5.74) is 1.51. The van der Waals surface area contributed by atoms with Gasteiger partial charge in [0.05, 0.1) is 12.3 Å². The first-order valence-electron chi connectivity index (χ1n) is 10.7. The Bertz CT molecular complexity index is 1270. The number of benzene rings is 1. The number of aromatic nitrogens is 1. The molecule has 1 amide bonds. The van der Waals surface area contributed by atoms with E-state index < -0.39 is 39.8 Å². The van der Waals surface area contributed by atoms with Gasteiger partial charge in [0, 0.05) is 47.8 Å². The van der Waals surface area contributed by atoms with Gasteiger partial charge in [0.2, 0.25) is 15.9 Å². The molecule has 0 radical (unpaired) electrons. The Balaban J connectivity index is 1.71. The second-order valence-electron chi connectivity index (χ2n) is 8.43. The molecule has 8 nitrogen and oxygen atoms in total. The molecule has 0 unspecified atom stereocenters. The van der Waals surface area contributed by atoms with Crippen LogP contribution in [0.4, 0.5) is 0 Å². The highest BCUT2D eigenvalue weighted by molar-refractivity contribution is 7.88. The predicted molar refractivity (Wildman–Crippen MR) is 126 cm³/mol. The monoisotopic (exact) mass is 491 g/mol. The van der Waals surface area contributed by atoms with E-state index in [0.29, 0.717) is 21.8 Å². The number of nitrogens with one attached hydrogen (secondary N) is 1. The predicted octanol–water partition coefficient (Wildman–Crippen LogP) is 1.77. The maximum Gasteiger partial charge on any atom is 0.258 e. The van der Waals surface area contributed by atoms with Crippen molar-refractivity contribution < 1.29 is 18.3 Å². The Morgan fingerprint density at radius 1 is 1.27 bits per heavy atom. The van der Waals surface area contributed by atoms with E-state index in [-0.39, 0.29) is 25.3 Å². The van der Waals surface area contributed by atoms with E-state index in [1.807, 2.05) is 6.92 Å². The summed E-state index contributed by atoms with van der Waals surface area (Å²) in [6, 6.07) is 8.65. The van der Waals surface area contributed by atoms with Crippen LogP contribution in [0.2, 0.25) is 5.02 Å². The zero-order valence-electron chi connectivity index (χ0n) is 18.3. The highest BCUT2D eigenvalue weighted by Crippen LogP contribution is 2.50. The molecule has 0 spiro atoms. The molecule has 4 atom stereocenters. The molecular weight excluding hydrogens is 466 g/mol. The number of fused-ring (bicyclic) bond motifs is 3. The fraction of sp³-hybridized carbons (Fsp3) is 0.391. The lowest BCUT2D eigenvalue weighted by Gasteiger charge is -2.28. The van der Waals surface area contributed by atoms with E-state index in [4.69, 9.17) is 11.6 Å². The number of aliphatic hydroxyl groups is 1. The van der Waals surface area contributed by atoms with E-state index in [9.17, 15) is 23.1 Å². The first-order valence-corrected chi connectivity index (χ1v) is 12.9. The van der Waals surface area contributed by atoms with E-state index in [2.05, 4.69) is 5.32 Å². The second-order valence-corrected chi connectivity index (χ2v) is 10.7. The molecule has 2 aliphatic rings. The molecule has 10 heteroatoms. The molecule has 0 saturated carbocycles. The first-order chi connectivity index (χ1) is 15.7. The van der Waals surface area contributed by atoms with Crippen molar-refractivity contribution in [3.63, 3.8) is 0 Å². The van der Waals surface area contributed by atoms with Crippen molar-refractivity contribution in [2.75, 3.05) is 12.9 Å². The zero-order chi connectivity index (χ0) is 23.9. The SMILES string of the molecule is C/C=C/c1ccc2n(c1=O)C[C@@H]1[C@@H](CO)[C@H](C(=O)NCc3ccccc3Cl)N(S(C)(=O)=O)[C@H]21. The summed E-state index contributed by atoms with van der Waals surface area (Å²) in [7, 11) is -3.85. The van der Waals surface area contributed by atoms with Crippen molar-refractivity contribution in [2.24, 2.45) is 11.8 Å². The van der Waals surface area contributed by atoms with Crippen molar-refractivity contribution in [1.29, 1.82) is 0 Å². The van der Waals surface area contributed by atoms with Crippen LogP contribution in [0.15, 0.2) is 47.3 Å². The van der Waals surface area contributed by atoms with Gasteiger partial charge in [-0.25, -0.2) is 8.42 Å². The lowest BCUT2D eigenvalue weighted by molar-refractivity contribution is -0.126. The van der Waals surface area contributed by atoms with Crippen molar-refractivity contribution in [3.8, 4) is 0 Å². The third-order valence-corrected chi connectivity index (χ3v) is 8.05. The van der Waals surface area contributed by atoms with Gasteiger partial charge in [-0.1, -0.05) is 42.0 Å². The molecule has 1 saturated heterocycles. The molecule has 1 fully saturated rings. The third kappa shape index (κ3) is 4.14. The first kappa shape index (κ1) is 23.7. The van der Waals surface area contributed by atoms with Crippen LogP contribution in [0, 0.1) is 11.8 Å². The summed E-state index contributed by atoms with van der Waals surface area (Å²) in [5.74, 6) is -1.58. The Kier molecular flexibility index (Phi) is 6.50. The number of halogens is 1. The van der Waals surface area contributed by atoms with Crippen LogP contribution in [0.25, 0.3) is 6.08 Å². The lowest BCUT2D eigenvalue weighted by atomic mass is 9.88. The fourth-order valence-corrected chi connectivity index (χ4v) is 6.61. The number of hydrogen-bond donors (Lipinski definition) is 2. The minimum Gasteiger partial charge on any atom is -0.396 e. The molecule has 176 valence electrons. The zero-order valence-corrected chi connectivity index (χ0v) is 19.9. The Morgan fingerprint density at radius 3 is 2.64 bits per heavy atom. The van der Waals surface area contributed by atoms with E-state index in [1.54, 1.807) is 53.1 Å². The average Bonchev–Trinajstić information content (AvgIpc) is 3.29. The van der Waals surface area contributed by atoms with Gasteiger partial charge in [-0.05, 0) is 30.7 Å². The fourth-order valence-electron chi connectivity index (χ4n) is 5.06. The van der Waals surface area contributed by atoms with Crippen molar-refractivity contribution in [2.45, 2.75) is 32.1 Å². The number of nitrogens with zero attached hydrogens (tertiary/aromatic N) is 2. The minimum absolute atomic E-state index is 0.128. The van der Waals surface area contributed by atoms with Crippen LogP contribution in [-0.2, 0) is 27.9 Å². The van der Waals surface area contributed by atoms with E-state index in [1.165, 1.54) is 0 Å². The molecule has 1 aromatic heterocycles. The van der Waals surface area contributed by atoms with Crippen molar-refractivity contribution in [1.82, 2.24) is 14.2 Å². The van der Waals surface area contributed by atoms with Crippen LogP contribution in [-0.4, -0.2) is 47.2 Å². The number of carbonyl (C=O) groups is 1. The van der Waals surface area contributed by atoms with Gasteiger partial charge >= 0.3 is 0 Å². The summed E-state index contributed by atoms with van der Waals surface area (Å²) in [6.45, 7) is 1.78. The Hall–Kier alpha value is -2.46. The number of pyridine rings is 1. The van der Waals surface area contributed by atoms with Gasteiger partial charge in [-0.2, -0.15) is 4.31 Å². The molecule has 33 heavy (non-hydrogen) atoms. The highest BCUT2D eigenvalue weighted by Gasteiger charge is 2.58. The second kappa shape index (κ2) is 9.06. The van der Waals surface area contributed by atoms with Crippen molar-refractivity contribution >= 4 is 33.6 Å². The number of amides is 1. The topological polar surface area (TPSA) is 109 Å². The number of rotatable bonds is 6. The normalized spacial score (nSPS) is 24.7. The van der Waals surface area contributed by atoms with Crippen LogP contribution >= 0.6 is 11.6 Å². The maximum atomic E-state index is 13.3. The van der Waals surface area contributed by atoms with Gasteiger partial charge in [-0.3, -0.25) is 9.59 Å². The molecule has 4 rings (SSSR count). The highest BCUT2D eigenvalue weighted by atomic mass is 35.5. The average molecular weight is 492 g/mol. The van der Waals surface area contributed by atoms with Crippen LogP contribution in [0.3, 0.4) is 0 Å². The maximum absolute atomic E-state index is 13.3. The van der Waals surface area contributed by atoms with Gasteiger partial charge in [-0.15, -0.1) is 0 Å². The molecular formula is C23H26ClN3O5S. The summed E-state index contributed by atoms with van der Waals surface area (Å²) in [6.07, 6.45) is 4.51. The van der Waals surface area contributed by atoms with Gasteiger partial charge < -0.3 is 15.0 Å². The molecule has 3 heterocycles. The Morgan fingerprint density at radius 2 is 2.00 bits per heavy atom. The summed E-state index contributed by atoms with van der Waals surface area (Å²) < 4.78 is 28.5. The molecule has 1 aromatic carbocycles. The molecule has 0 bridgehead atoms. The van der Waals surface area contributed by atoms with E-state index in [0.717, 1.165) is 10.6 Å². The standard InChI is InChI=1S/C23H26ClN3O5S/c1-3-6-14-9-10-19-20-16(12-26(19)23(14)30)17(13-28)21(27(20)33(2,31)32)22(29)25-11-15-7-4-5-8-18(15)24/h3-10,16-17,20-21,28H,11-13H2,1-2H3,(H,25,29)/b6-3+/t16-,17-,20+,21-/m1/s1. The smallest absolute Gasteiger partial charge is 0.258 e. The number of sulfonamides is 1. The number of hydrogen-bond acceptors (Lipinski definition) is 5. The molecule has 2 N–H and O–H groups in total. The third-order valence-electron chi connectivity index (χ3n) is 6.46. The van der Waals surface area contributed by atoms with Gasteiger partial charge in [0.1, 0.15) is 6.04 Å². The molecule has 2 aromatic rings. The van der Waals surface area contributed by atoms with Crippen LogP contribution < -0.4 is 10.9 Å². The molecule has 0 aliphatic carbocycles. The quantitative estimate of drug-likeness (QED) is 0.640. The van der Waals surface area contributed by atoms with Crippen LogP contribution in [0.5, 0.6) is 0 Å².